The van der Waals surface area contributed by atoms with Gasteiger partial charge in [-0.2, -0.15) is 5.10 Å². The van der Waals surface area contributed by atoms with E-state index in [0.29, 0.717) is 12.0 Å². The molecule has 1 aromatic heterocycles. The normalized spacial score (nSPS) is 12.4. The summed E-state index contributed by atoms with van der Waals surface area (Å²) >= 11 is 0. The van der Waals surface area contributed by atoms with Crippen LogP contribution in [-0.4, -0.2) is 35.2 Å². The zero-order chi connectivity index (χ0) is 15.4. The maximum absolute atomic E-state index is 12.3. The fraction of sp³-hybridized carbons (Fsp3) is 0.400. The molecule has 0 fully saturated rings. The molecule has 0 aliphatic rings. The highest BCUT2D eigenvalue weighted by Gasteiger charge is 2.23. The minimum atomic E-state index is -0.637. The molecule has 6 heteroatoms. The summed E-state index contributed by atoms with van der Waals surface area (Å²) in [5.74, 6) is -0.457. The second kappa shape index (κ2) is 6.39. The van der Waals surface area contributed by atoms with Gasteiger partial charge in [-0.3, -0.25) is 9.89 Å². The minimum Gasteiger partial charge on any atom is -0.467 e. The Morgan fingerprint density at radius 3 is 2.81 bits per heavy atom. The fourth-order valence-electron chi connectivity index (χ4n) is 2.15. The number of benzene rings is 1. The van der Waals surface area contributed by atoms with Crippen LogP contribution in [0.4, 0.5) is 0 Å². The summed E-state index contributed by atoms with van der Waals surface area (Å²) in [5, 5.41) is 10.3. The van der Waals surface area contributed by atoms with E-state index in [0.717, 1.165) is 10.9 Å². The third-order valence-electron chi connectivity index (χ3n) is 3.20. The number of nitrogens with one attached hydrogen (secondary N) is 2. The monoisotopic (exact) mass is 289 g/mol. The highest BCUT2D eigenvalue weighted by atomic mass is 16.5. The lowest BCUT2D eigenvalue weighted by molar-refractivity contribution is -0.143. The number of ether oxygens (including phenoxy) is 1. The first-order valence-electron chi connectivity index (χ1n) is 6.83. The van der Waals surface area contributed by atoms with Gasteiger partial charge in [-0.15, -0.1) is 0 Å². The molecule has 6 nitrogen and oxygen atoms in total. The third kappa shape index (κ3) is 3.59. The van der Waals surface area contributed by atoms with E-state index in [9.17, 15) is 9.59 Å². The molecule has 1 heterocycles. The molecule has 0 bridgehead atoms. The number of carbonyl (C=O) groups excluding carboxylic acids is 2. The first-order chi connectivity index (χ1) is 10.0. The van der Waals surface area contributed by atoms with Crippen molar-refractivity contribution in [2.24, 2.45) is 5.92 Å². The van der Waals surface area contributed by atoms with Crippen LogP contribution in [-0.2, 0) is 9.53 Å². The second-order valence-corrected chi connectivity index (χ2v) is 5.35. The average Bonchev–Trinajstić information content (AvgIpc) is 2.92. The predicted octanol–water partition coefficient (Wildman–Crippen LogP) is 1.88. The Balaban J connectivity index is 2.15. The Morgan fingerprint density at radius 1 is 1.38 bits per heavy atom. The van der Waals surface area contributed by atoms with Crippen LogP contribution in [0.15, 0.2) is 24.4 Å². The summed E-state index contributed by atoms with van der Waals surface area (Å²) < 4.78 is 4.74. The summed E-state index contributed by atoms with van der Waals surface area (Å²) in [7, 11) is 1.32. The summed E-state index contributed by atoms with van der Waals surface area (Å²) in [4.78, 5) is 24.0. The van der Waals surface area contributed by atoms with Gasteiger partial charge in [0.1, 0.15) is 6.04 Å². The maximum Gasteiger partial charge on any atom is 0.328 e. The highest BCUT2D eigenvalue weighted by Crippen LogP contribution is 2.14. The van der Waals surface area contributed by atoms with Gasteiger partial charge < -0.3 is 10.1 Å². The largest absolute Gasteiger partial charge is 0.467 e. The van der Waals surface area contributed by atoms with Crippen LogP contribution < -0.4 is 5.32 Å². The lowest BCUT2D eigenvalue weighted by Crippen LogP contribution is -2.42. The zero-order valence-electron chi connectivity index (χ0n) is 12.3. The first kappa shape index (κ1) is 15.0. The van der Waals surface area contributed by atoms with Crippen molar-refractivity contribution in [1.82, 2.24) is 15.5 Å². The number of rotatable bonds is 5. The Kier molecular flexibility index (Phi) is 4.57. The van der Waals surface area contributed by atoms with Crippen LogP contribution in [0.2, 0.25) is 0 Å². The Morgan fingerprint density at radius 2 is 2.14 bits per heavy atom. The summed E-state index contributed by atoms with van der Waals surface area (Å²) in [6.07, 6.45) is 2.18. The van der Waals surface area contributed by atoms with Crippen LogP contribution in [0.3, 0.4) is 0 Å². The van der Waals surface area contributed by atoms with E-state index < -0.39 is 12.0 Å². The smallest absolute Gasteiger partial charge is 0.328 e. The van der Waals surface area contributed by atoms with Gasteiger partial charge in [0.05, 0.1) is 18.8 Å². The lowest BCUT2D eigenvalue weighted by atomic mass is 10.0. The molecule has 2 rings (SSSR count). The number of amides is 1. The number of esters is 1. The number of carbonyl (C=O) groups is 2. The first-order valence-corrected chi connectivity index (χ1v) is 6.83. The summed E-state index contributed by atoms with van der Waals surface area (Å²) in [6, 6.07) is 4.58. The van der Waals surface area contributed by atoms with Gasteiger partial charge in [0.2, 0.25) is 0 Å². The van der Waals surface area contributed by atoms with Crippen molar-refractivity contribution < 1.29 is 14.3 Å². The predicted molar refractivity (Wildman–Crippen MR) is 78.8 cm³/mol. The molecule has 0 saturated heterocycles. The molecule has 0 spiro atoms. The SMILES string of the molecule is COC(=O)C(CC(C)C)NC(=O)c1ccc2[nH]ncc2c1. The van der Waals surface area contributed by atoms with Crippen LogP contribution in [0, 0.1) is 5.92 Å². The number of fused-ring (bicyclic) bond motifs is 1. The molecule has 1 amide bonds. The van der Waals surface area contributed by atoms with Gasteiger partial charge >= 0.3 is 5.97 Å². The molecule has 0 aliphatic heterocycles. The Labute approximate surface area is 122 Å². The quantitative estimate of drug-likeness (QED) is 0.823. The van der Waals surface area contributed by atoms with Gasteiger partial charge in [0.15, 0.2) is 0 Å². The number of H-pyrrole nitrogens is 1. The molecular weight excluding hydrogens is 270 g/mol. The number of aromatic amines is 1. The van der Waals surface area contributed by atoms with E-state index in [-0.39, 0.29) is 11.8 Å². The molecular formula is C15H19N3O3. The van der Waals surface area contributed by atoms with Crippen LogP contribution in [0.1, 0.15) is 30.6 Å². The molecule has 0 saturated carbocycles. The average molecular weight is 289 g/mol. The number of methoxy groups -OCH3 is 1. The molecule has 1 aromatic carbocycles. The van der Waals surface area contributed by atoms with Crippen LogP contribution in [0.5, 0.6) is 0 Å². The summed E-state index contributed by atoms with van der Waals surface area (Å²) in [5.41, 5.74) is 1.35. The molecule has 1 atom stereocenters. The molecule has 1 unspecified atom stereocenters. The number of hydrogen-bond acceptors (Lipinski definition) is 4. The van der Waals surface area contributed by atoms with Gasteiger partial charge in [0, 0.05) is 10.9 Å². The molecule has 112 valence electrons. The second-order valence-electron chi connectivity index (χ2n) is 5.35. The lowest BCUT2D eigenvalue weighted by Gasteiger charge is -2.18. The van der Waals surface area contributed by atoms with Gasteiger partial charge in [-0.25, -0.2) is 4.79 Å². The molecule has 0 aliphatic carbocycles. The van der Waals surface area contributed by atoms with E-state index in [2.05, 4.69) is 15.5 Å². The van der Waals surface area contributed by atoms with Gasteiger partial charge in [0.25, 0.3) is 5.91 Å². The number of nitrogens with zero attached hydrogens (tertiary/aromatic N) is 1. The van der Waals surface area contributed by atoms with Crippen molar-refractivity contribution in [2.75, 3.05) is 7.11 Å². The topological polar surface area (TPSA) is 84.1 Å². The maximum atomic E-state index is 12.3. The molecule has 0 radical (unpaired) electrons. The van der Waals surface area contributed by atoms with Crippen LogP contribution >= 0.6 is 0 Å². The fourth-order valence-corrected chi connectivity index (χ4v) is 2.15. The van der Waals surface area contributed by atoms with Crippen molar-refractivity contribution in [3.63, 3.8) is 0 Å². The van der Waals surface area contributed by atoms with E-state index in [1.807, 2.05) is 13.8 Å². The number of hydrogen-bond donors (Lipinski definition) is 2. The van der Waals surface area contributed by atoms with Crippen molar-refractivity contribution in [3.05, 3.63) is 30.0 Å². The zero-order valence-corrected chi connectivity index (χ0v) is 12.3. The van der Waals surface area contributed by atoms with Crippen LogP contribution in [0.25, 0.3) is 10.9 Å². The molecule has 2 aromatic rings. The number of aromatic nitrogens is 2. The van der Waals surface area contributed by atoms with Crippen molar-refractivity contribution >= 4 is 22.8 Å². The van der Waals surface area contributed by atoms with E-state index in [1.54, 1.807) is 24.4 Å². The van der Waals surface area contributed by atoms with E-state index in [4.69, 9.17) is 4.74 Å². The minimum absolute atomic E-state index is 0.269. The third-order valence-corrected chi connectivity index (χ3v) is 3.20. The van der Waals surface area contributed by atoms with Crippen molar-refractivity contribution in [3.8, 4) is 0 Å². The van der Waals surface area contributed by atoms with Crippen molar-refractivity contribution in [2.45, 2.75) is 26.3 Å². The summed E-state index contributed by atoms with van der Waals surface area (Å²) in [6.45, 7) is 3.97. The van der Waals surface area contributed by atoms with Gasteiger partial charge in [-0.05, 0) is 30.5 Å². The highest BCUT2D eigenvalue weighted by molar-refractivity contribution is 5.99. The van der Waals surface area contributed by atoms with Crippen molar-refractivity contribution in [1.29, 1.82) is 0 Å². The molecule has 21 heavy (non-hydrogen) atoms. The molecule has 2 N–H and O–H groups in total. The van der Waals surface area contributed by atoms with E-state index >= 15 is 0 Å². The Bertz CT molecular complexity index is 648. The van der Waals surface area contributed by atoms with Gasteiger partial charge in [-0.1, -0.05) is 13.8 Å². The van der Waals surface area contributed by atoms with E-state index in [1.165, 1.54) is 7.11 Å². The Hall–Kier alpha value is -2.37. The standard InChI is InChI=1S/C15H19N3O3/c1-9(2)6-13(15(20)21-3)17-14(19)10-4-5-12-11(7-10)8-16-18-12/h4-5,7-9,13H,6H2,1-3H3,(H,16,18)(H,17,19).